The zero-order chi connectivity index (χ0) is 14.7. The van der Waals surface area contributed by atoms with Crippen LogP contribution in [0, 0.1) is 0 Å². The van der Waals surface area contributed by atoms with E-state index in [0.717, 1.165) is 24.4 Å². The zero-order valence-electron chi connectivity index (χ0n) is 11.4. The number of amides is 1. The van der Waals surface area contributed by atoms with Gasteiger partial charge in [0.2, 0.25) is 0 Å². The standard InChI is InChI=1S/C15H15ClN2O2S/c16-11-3-5-12(6-4-11)20-10-14(19)18-8-1-2-13(18)15-17-7-9-21-15/h3-7,9,13H,1-2,8,10H2. The number of likely N-dealkylation sites (tertiary alicyclic amines) is 1. The molecular formula is C15H15ClN2O2S. The Balaban J connectivity index is 1.61. The van der Waals surface area contributed by atoms with Crippen LogP contribution >= 0.6 is 22.9 Å². The summed E-state index contributed by atoms with van der Waals surface area (Å²) in [5.41, 5.74) is 0. The molecule has 6 heteroatoms. The molecule has 1 aliphatic heterocycles. The van der Waals surface area contributed by atoms with E-state index in [-0.39, 0.29) is 18.6 Å². The third-order valence-corrected chi connectivity index (χ3v) is 4.61. The number of halogens is 1. The second kappa shape index (κ2) is 6.45. The molecule has 21 heavy (non-hydrogen) atoms. The molecule has 1 saturated heterocycles. The first kappa shape index (κ1) is 14.4. The van der Waals surface area contributed by atoms with Crippen LogP contribution in [0.2, 0.25) is 5.02 Å². The fourth-order valence-corrected chi connectivity index (χ4v) is 3.39. The fourth-order valence-electron chi connectivity index (χ4n) is 2.48. The van der Waals surface area contributed by atoms with Crippen molar-refractivity contribution >= 4 is 28.8 Å². The highest BCUT2D eigenvalue weighted by Gasteiger charge is 2.31. The van der Waals surface area contributed by atoms with E-state index in [4.69, 9.17) is 16.3 Å². The minimum Gasteiger partial charge on any atom is -0.484 e. The molecule has 1 fully saturated rings. The van der Waals surface area contributed by atoms with Crippen molar-refractivity contribution in [2.24, 2.45) is 0 Å². The molecule has 4 nitrogen and oxygen atoms in total. The van der Waals surface area contributed by atoms with Crippen LogP contribution in [0.15, 0.2) is 35.8 Å². The number of ether oxygens (including phenoxy) is 1. The molecule has 110 valence electrons. The monoisotopic (exact) mass is 322 g/mol. The molecule has 1 amide bonds. The number of hydrogen-bond acceptors (Lipinski definition) is 4. The molecule has 1 atom stereocenters. The fraction of sp³-hybridized carbons (Fsp3) is 0.333. The molecule has 2 heterocycles. The summed E-state index contributed by atoms with van der Waals surface area (Å²) in [4.78, 5) is 18.5. The maximum Gasteiger partial charge on any atom is 0.261 e. The lowest BCUT2D eigenvalue weighted by atomic mass is 10.2. The van der Waals surface area contributed by atoms with E-state index >= 15 is 0 Å². The van der Waals surface area contributed by atoms with Crippen LogP contribution in [0.3, 0.4) is 0 Å². The van der Waals surface area contributed by atoms with Gasteiger partial charge in [-0.3, -0.25) is 4.79 Å². The number of nitrogens with zero attached hydrogens (tertiary/aromatic N) is 2. The van der Waals surface area contributed by atoms with E-state index in [1.807, 2.05) is 10.3 Å². The molecular weight excluding hydrogens is 308 g/mol. The highest BCUT2D eigenvalue weighted by molar-refractivity contribution is 7.09. The first-order chi connectivity index (χ1) is 10.2. The van der Waals surface area contributed by atoms with Crippen LogP contribution < -0.4 is 4.74 Å². The Morgan fingerprint density at radius 3 is 2.95 bits per heavy atom. The molecule has 0 radical (unpaired) electrons. The maximum absolute atomic E-state index is 12.3. The highest BCUT2D eigenvalue weighted by Crippen LogP contribution is 2.33. The van der Waals surface area contributed by atoms with Gasteiger partial charge < -0.3 is 9.64 Å². The lowest BCUT2D eigenvalue weighted by Gasteiger charge is -2.23. The molecule has 2 aromatic rings. The molecule has 3 rings (SSSR count). The Morgan fingerprint density at radius 2 is 2.24 bits per heavy atom. The number of benzene rings is 1. The van der Waals surface area contributed by atoms with E-state index in [1.165, 1.54) is 0 Å². The summed E-state index contributed by atoms with van der Waals surface area (Å²) in [5, 5.41) is 3.60. The van der Waals surface area contributed by atoms with Crippen LogP contribution in [-0.4, -0.2) is 28.9 Å². The molecule has 0 spiro atoms. The number of rotatable bonds is 4. The van der Waals surface area contributed by atoms with Crippen molar-refractivity contribution in [2.75, 3.05) is 13.2 Å². The van der Waals surface area contributed by atoms with Crippen molar-refractivity contribution in [1.82, 2.24) is 9.88 Å². The lowest BCUT2D eigenvalue weighted by Crippen LogP contribution is -2.34. The summed E-state index contributed by atoms with van der Waals surface area (Å²) in [6.45, 7) is 0.816. The number of aromatic nitrogens is 1. The summed E-state index contributed by atoms with van der Waals surface area (Å²) in [6.07, 6.45) is 3.77. The first-order valence-corrected chi connectivity index (χ1v) is 8.07. The van der Waals surface area contributed by atoms with Crippen molar-refractivity contribution in [3.63, 3.8) is 0 Å². The Morgan fingerprint density at radius 1 is 1.43 bits per heavy atom. The van der Waals surface area contributed by atoms with Gasteiger partial charge in [-0.2, -0.15) is 0 Å². The molecule has 1 aromatic carbocycles. The second-order valence-corrected chi connectivity index (χ2v) is 6.22. The summed E-state index contributed by atoms with van der Waals surface area (Å²) in [7, 11) is 0. The normalized spacial score (nSPS) is 18.0. The third-order valence-electron chi connectivity index (χ3n) is 3.49. The predicted octanol–water partition coefficient (Wildman–Crippen LogP) is 3.54. The SMILES string of the molecule is O=C(COc1ccc(Cl)cc1)N1CCCC1c1nccs1. The molecule has 0 N–H and O–H groups in total. The average molecular weight is 323 g/mol. The van der Waals surface area contributed by atoms with Crippen molar-refractivity contribution in [2.45, 2.75) is 18.9 Å². The minimum atomic E-state index is 0.00245. The Kier molecular flexibility index (Phi) is 4.41. The van der Waals surface area contributed by atoms with E-state index in [2.05, 4.69) is 4.98 Å². The Labute approximate surface area is 132 Å². The second-order valence-electron chi connectivity index (χ2n) is 4.86. The number of thiazole rings is 1. The summed E-state index contributed by atoms with van der Waals surface area (Å²) >= 11 is 7.41. The molecule has 0 aliphatic carbocycles. The van der Waals surface area contributed by atoms with E-state index in [9.17, 15) is 4.79 Å². The van der Waals surface area contributed by atoms with Gasteiger partial charge in [0.25, 0.3) is 5.91 Å². The van der Waals surface area contributed by atoms with Gasteiger partial charge in [-0.15, -0.1) is 11.3 Å². The zero-order valence-corrected chi connectivity index (χ0v) is 12.9. The van der Waals surface area contributed by atoms with Gasteiger partial charge >= 0.3 is 0 Å². The molecule has 0 bridgehead atoms. The van der Waals surface area contributed by atoms with Crippen LogP contribution in [0.5, 0.6) is 5.75 Å². The third kappa shape index (κ3) is 3.36. The van der Waals surface area contributed by atoms with Gasteiger partial charge in [-0.1, -0.05) is 11.6 Å². The Bertz CT molecular complexity index is 601. The largest absolute Gasteiger partial charge is 0.484 e. The van der Waals surface area contributed by atoms with Gasteiger partial charge in [-0.05, 0) is 37.1 Å². The number of carbonyl (C=O) groups excluding carboxylic acids is 1. The van der Waals surface area contributed by atoms with Gasteiger partial charge in [0.15, 0.2) is 6.61 Å². The van der Waals surface area contributed by atoms with E-state index in [1.54, 1.807) is 41.8 Å². The quantitative estimate of drug-likeness (QED) is 0.864. The molecule has 1 aromatic heterocycles. The summed E-state index contributed by atoms with van der Waals surface area (Å²) in [6, 6.07) is 7.12. The number of carbonyl (C=O) groups is 1. The predicted molar refractivity (Wildman–Crippen MR) is 82.7 cm³/mol. The van der Waals surface area contributed by atoms with Crippen LogP contribution in [0.1, 0.15) is 23.9 Å². The van der Waals surface area contributed by atoms with Gasteiger partial charge in [0.1, 0.15) is 10.8 Å². The maximum atomic E-state index is 12.3. The molecule has 1 aliphatic rings. The smallest absolute Gasteiger partial charge is 0.261 e. The van der Waals surface area contributed by atoms with E-state index < -0.39 is 0 Å². The Hall–Kier alpha value is -1.59. The van der Waals surface area contributed by atoms with Crippen molar-refractivity contribution < 1.29 is 9.53 Å². The van der Waals surface area contributed by atoms with Crippen molar-refractivity contribution in [3.05, 3.63) is 45.9 Å². The average Bonchev–Trinajstić information content (AvgIpc) is 3.16. The topological polar surface area (TPSA) is 42.4 Å². The van der Waals surface area contributed by atoms with E-state index in [0.29, 0.717) is 10.8 Å². The van der Waals surface area contributed by atoms with Crippen molar-refractivity contribution in [3.8, 4) is 5.75 Å². The first-order valence-electron chi connectivity index (χ1n) is 6.81. The van der Waals surface area contributed by atoms with Gasteiger partial charge in [0, 0.05) is 23.1 Å². The van der Waals surface area contributed by atoms with Crippen LogP contribution in [0.4, 0.5) is 0 Å². The highest BCUT2D eigenvalue weighted by atomic mass is 35.5. The van der Waals surface area contributed by atoms with Crippen LogP contribution in [-0.2, 0) is 4.79 Å². The summed E-state index contributed by atoms with van der Waals surface area (Å²) < 4.78 is 5.53. The van der Waals surface area contributed by atoms with Gasteiger partial charge in [-0.25, -0.2) is 4.98 Å². The van der Waals surface area contributed by atoms with Crippen molar-refractivity contribution in [1.29, 1.82) is 0 Å². The molecule has 1 unspecified atom stereocenters. The van der Waals surface area contributed by atoms with Crippen LogP contribution in [0.25, 0.3) is 0 Å². The lowest BCUT2D eigenvalue weighted by molar-refractivity contribution is -0.134. The molecule has 0 saturated carbocycles. The van der Waals surface area contributed by atoms with Gasteiger partial charge in [0.05, 0.1) is 6.04 Å². The summed E-state index contributed by atoms with van der Waals surface area (Å²) in [5.74, 6) is 0.653. The minimum absolute atomic E-state index is 0.00245. The number of hydrogen-bond donors (Lipinski definition) is 0.